The van der Waals surface area contributed by atoms with Gasteiger partial charge in [0, 0.05) is 13.1 Å². The second-order valence-electron chi connectivity index (χ2n) is 9.51. The third-order valence-corrected chi connectivity index (χ3v) is 6.49. The Hall–Kier alpha value is -3.40. The van der Waals surface area contributed by atoms with E-state index in [0.717, 1.165) is 16.3 Å². The second kappa shape index (κ2) is 9.93. The van der Waals surface area contributed by atoms with Gasteiger partial charge in [-0.1, -0.05) is 41.2 Å². The number of anilines is 1. The van der Waals surface area contributed by atoms with Crippen molar-refractivity contribution < 1.29 is 27.5 Å². The molecule has 190 valence electrons. The third-order valence-electron chi connectivity index (χ3n) is 5.54. The maximum atomic E-state index is 13.9. The number of ether oxygens (including phenoxy) is 1. The van der Waals surface area contributed by atoms with E-state index in [-0.39, 0.29) is 5.13 Å². The predicted molar refractivity (Wildman–Crippen MR) is 134 cm³/mol. The number of likely N-dealkylation sites (tertiary alicyclic amines) is 1. The lowest BCUT2D eigenvalue weighted by atomic mass is 9.98. The Balaban J connectivity index is 1.50. The van der Waals surface area contributed by atoms with E-state index in [2.05, 4.69) is 10.3 Å². The minimum absolute atomic E-state index is 0.234. The molecule has 2 amide bonds. The molecule has 3 aromatic rings. The largest absolute Gasteiger partial charge is 0.444 e. The number of fused-ring (bicyclic) bond motifs is 1. The number of amides is 2. The number of hydrogen-bond acceptors (Lipinski definition) is 5. The average molecular weight is 518 g/mol. The first-order valence-electron chi connectivity index (χ1n) is 11.4. The van der Waals surface area contributed by atoms with E-state index in [4.69, 9.17) is 4.74 Å². The van der Waals surface area contributed by atoms with Crippen LogP contribution in [0.2, 0.25) is 0 Å². The van der Waals surface area contributed by atoms with Gasteiger partial charge in [0.1, 0.15) is 5.60 Å². The van der Waals surface area contributed by atoms with Crippen molar-refractivity contribution in [3.63, 3.8) is 0 Å². The topological polar surface area (TPSA) is 71.5 Å². The Kier molecular flexibility index (Phi) is 7.08. The van der Waals surface area contributed by atoms with Gasteiger partial charge in [-0.3, -0.25) is 10.1 Å². The minimum atomic E-state index is -4.71. The smallest absolute Gasteiger partial charge is 0.417 e. The number of nitrogens with one attached hydrogen (secondary N) is 1. The van der Waals surface area contributed by atoms with E-state index in [9.17, 15) is 22.8 Å². The Morgan fingerprint density at radius 2 is 1.78 bits per heavy atom. The molecule has 0 aliphatic carbocycles. The van der Waals surface area contributed by atoms with E-state index in [0.29, 0.717) is 37.0 Å². The summed E-state index contributed by atoms with van der Waals surface area (Å²) < 4.78 is 47.8. The Labute approximate surface area is 210 Å². The molecule has 6 nitrogen and oxygen atoms in total. The highest BCUT2D eigenvalue weighted by atomic mass is 32.1. The molecule has 2 aromatic carbocycles. The van der Waals surface area contributed by atoms with E-state index >= 15 is 0 Å². The fourth-order valence-electron chi connectivity index (χ4n) is 3.86. The quantitative estimate of drug-likeness (QED) is 0.407. The highest BCUT2D eigenvalue weighted by Crippen LogP contribution is 2.34. The zero-order chi connectivity index (χ0) is 26.1. The van der Waals surface area contributed by atoms with Gasteiger partial charge in [-0.2, -0.15) is 13.2 Å². The maximum Gasteiger partial charge on any atom is 0.417 e. The summed E-state index contributed by atoms with van der Waals surface area (Å²) in [4.78, 5) is 30.8. The summed E-state index contributed by atoms with van der Waals surface area (Å²) in [6.45, 7) is 6.23. The van der Waals surface area contributed by atoms with E-state index < -0.39 is 34.9 Å². The van der Waals surface area contributed by atoms with E-state index in [1.807, 2.05) is 12.1 Å². The summed E-state index contributed by atoms with van der Waals surface area (Å²) in [6.07, 6.45) is -2.36. The molecular formula is C26H26F3N3O3S. The first-order chi connectivity index (χ1) is 16.9. The van der Waals surface area contributed by atoms with Gasteiger partial charge in [-0.05, 0) is 63.4 Å². The Morgan fingerprint density at radius 3 is 2.42 bits per heavy atom. The van der Waals surface area contributed by atoms with E-state index in [1.165, 1.54) is 23.5 Å². The van der Waals surface area contributed by atoms with Crippen LogP contribution in [0.3, 0.4) is 0 Å². The van der Waals surface area contributed by atoms with Crippen LogP contribution >= 0.6 is 11.3 Å². The van der Waals surface area contributed by atoms with Crippen LogP contribution in [0.5, 0.6) is 0 Å². The van der Waals surface area contributed by atoms with Gasteiger partial charge in [0.2, 0.25) is 0 Å². The number of para-hydroxylation sites is 1. The van der Waals surface area contributed by atoms with Crippen LogP contribution in [0.1, 0.15) is 55.1 Å². The zero-order valence-corrected chi connectivity index (χ0v) is 20.9. The molecule has 36 heavy (non-hydrogen) atoms. The number of alkyl halides is 3. The second-order valence-corrected chi connectivity index (χ2v) is 10.5. The Morgan fingerprint density at radius 1 is 1.08 bits per heavy atom. The molecular weight excluding hydrogens is 491 g/mol. The molecule has 4 rings (SSSR count). The Bertz CT molecular complexity index is 1280. The average Bonchev–Trinajstić information content (AvgIpc) is 3.20. The minimum Gasteiger partial charge on any atom is -0.444 e. The van der Waals surface area contributed by atoms with Gasteiger partial charge >= 0.3 is 12.3 Å². The fourth-order valence-corrected chi connectivity index (χ4v) is 4.72. The van der Waals surface area contributed by atoms with Crippen LogP contribution in [0.15, 0.2) is 48.0 Å². The molecule has 1 aliphatic rings. The van der Waals surface area contributed by atoms with Crippen molar-refractivity contribution in [1.82, 2.24) is 9.88 Å². The monoisotopic (exact) mass is 517 g/mol. The molecule has 2 heterocycles. The molecule has 0 bridgehead atoms. The summed E-state index contributed by atoms with van der Waals surface area (Å²) in [5.41, 5.74) is -0.143. The number of hydrogen-bond donors (Lipinski definition) is 1. The van der Waals surface area contributed by atoms with Crippen molar-refractivity contribution in [2.24, 2.45) is 0 Å². The summed E-state index contributed by atoms with van der Waals surface area (Å²) in [6, 6.07) is 10.9. The molecule has 0 radical (unpaired) electrons. The van der Waals surface area contributed by atoms with Crippen molar-refractivity contribution in [2.75, 3.05) is 18.4 Å². The van der Waals surface area contributed by atoms with Crippen molar-refractivity contribution in [3.8, 4) is 0 Å². The summed E-state index contributed by atoms with van der Waals surface area (Å²) in [7, 11) is 0. The van der Waals surface area contributed by atoms with Crippen molar-refractivity contribution in [1.29, 1.82) is 0 Å². The number of rotatable bonds is 3. The molecule has 0 unspecified atom stereocenters. The summed E-state index contributed by atoms with van der Waals surface area (Å²) >= 11 is 1.19. The molecule has 1 saturated heterocycles. The van der Waals surface area contributed by atoms with Crippen LogP contribution in [-0.4, -0.2) is 40.6 Å². The highest BCUT2D eigenvalue weighted by Gasteiger charge is 2.35. The van der Waals surface area contributed by atoms with Crippen molar-refractivity contribution in [2.45, 2.75) is 45.4 Å². The lowest BCUT2D eigenvalue weighted by Gasteiger charge is -2.31. The summed E-state index contributed by atoms with van der Waals surface area (Å²) in [5.74, 6) is -0.869. The lowest BCUT2D eigenvalue weighted by Crippen LogP contribution is -2.40. The normalized spacial score (nSPS) is 14.6. The SMILES string of the molecule is CC(C)(C)OC(=O)N1CCC(=Cc2ccc(C(=O)Nc3nc4ccccc4s3)c(C(F)(F)F)c2)CC1. The third kappa shape index (κ3) is 6.23. The number of nitrogens with zero attached hydrogens (tertiary/aromatic N) is 2. The van der Waals surface area contributed by atoms with Crippen LogP contribution in [0, 0.1) is 0 Å². The maximum absolute atomic E-state index is 13.9. The van der Waals surface area contributed by atoms with Crippen molar-refractivity contribution >= 4 is 44.8 Å². The molecule has 1 aromatic heterocycles. The van der Waals surface area contributed by atoms with Gasteiger partial charge in [0.15, 0.2) is 5.13 Å². The number of carbonyl (C=O) groups excluding carboxylic acids is 2. The first-order valence-corrected chi connectivity index (χ1v) is 12.3. The zero-order valence-electron chi connectivity index (χ0n) is 20.1. The number of benzene rings is 2. The van der Waals surface area contributed by atoms with Gasteiger partial charge < -0.3 is 9.64 Å². The fraction of sp³-hybridized carbons (Fsp3) is 0.346. The number of piperidine rings is 1. The number of halogens is 3. The molecule has 0 atom stereocenters. The highest BCUT2D eigenvalue weighted by molar-refractivity contribution is 7.22. The summed E-state index contributed by atoms with van der Waals surface area (Å²) in [5, 5.41) is 2.73. The first kappa shape index (κ1) is 25.7. The molecule has 1 aliphatic heterocycles. The molecule has 0 saturated carbocycles. The molecule has 0 spiro atoms. The molecule has 10 heteroatoms. The van der Waals surface area contributed by atoms with Gasteiger partial charge in [-0.15, -0.1) is 0 Å². The van der Waals surface area contributed by atoms with Crippen molar-refractivity contribution in [3.05, 3.63) is 64.7 Å². The van der Waals surface area contributed by atoms with Crippen LogP contribution in [-0.2, 0) is 10.9 Å². The van der Waals surface area contributed by atoms with Crippen LogP contribution < -0.4 is 5.32 Å². The van der Waals surface area contributed by atoms with Gasteiger partial charge in [-0.25, -0.2) is 9.78 Å². The molecule has 1 N–H and O–H groups in total. The molecule has 1 fully saturated rings. The van der Waals surface area contributed by atoms with Crippen LogP contribution in [0.25, 0.3) is 16.3 Å². The predicted octanol–water partition coefficient (Wildman–Crippen LogP) is 6.98. The van der Waals surface area contributed by atoms with E-state index in [1.54, 1.807) is 43.9 Å². The van der Waals surface area contributed by atoms with Gasteiger partial charge in [0.05, 0.1) is 21.3 Å². The number of thiazole rings is 1. The standard InChI is InChI=1S/C26H26F3N3O3S/c1-25(2,3)35-24(34)32-12-10-16(11-13-32)14-17-8-9-18(19(15-17)26(27,28)29)22(33)31-23-30-20-6-4-5-7-21(20)36-23/h4-9,14-15H,10-13H2,1-3H3,(H,30,31,33). The van der Waals surface area contributed by atoms with Crippen LogP contribution in [0.4, 0.5) is 23.1 Å². The van der Waals surface area contributed by atoms with Gasteiger partial charge in [0.25, 0.3) is 5.91 Å². The number of aromatic nitrogens is 1. The lowest BCUT2D eigenvalue weighted by molar-refractivity contribution is -0.137. The number of carbonyl (C=O) groups is 2.